The Hall–Kier alpha value is -3.47. The first-order valence-corrected chi connectivity index (χ1v) is 14.9. The van der Waals surface area contributed by atoms with E-state index in [1.165, 1.54) is 28.0 Å². The van der Waals surface area contributed by atoms with Gasteiger partial charge in [0.25, 0.3) is 15.9 Å². The van der Waals surface area contributed by atoms with Crippen molar-refractivity contribution in [3.05, 3.63) is 83.4 Å². The van der Waals surface area contributed by atoms with Crippen molar-refractivity contribution in [3.63, 3.8) is 0 Å². The number of carbonyl (C=O) groups is 1. The Morgan fingerprint density at radius 1 is 0.974 bits per heavy atom. The number of rotatable bonds is 8. The highest BCUT2D eigenvalue weighted by molar-refractivity contribution is 7.92. The summed E-state index contributed by atoms with van der Waals surface area (Å²) in [6, 6.07) is 19.1. The van der Waals surface area contributed by atoms with Gasteiger partial charge in [0.2, 0.25) is 0 Å². The zero-order valence-corrected chi connectivity index (χ0v) is 23.1. The third-order valence-corrected chi connectivity index (χ3v) is 9.07. The van der Waals surface area contributed by atoms with Crippen LogP contribution in [0.2, 0.25) is 0 Å². The molecule has 8 nitrogen and oxygen atoms in total. The molecule has 0 aliphatic carbocycles. The number of nitrogens with one attached hydrogen (secondary N) is 2. The van der Waals surface area contributed by atoms with E-state index in [4.69, 9.17) is 4.98 Å². The van der Waals surface area contributed by atoms with Crippen molar-refractivity contribution in [2.45, 2.75) is 18.7 Å². The monoisotopic (exact) mass is 549 g/mol. The van der Waals surface area contributed by atoms with E-state index in [0.717, 1.165) is 43.4 Å². The highest BCUT2D eigenvalue weighted by Crippen LogP contribution is 2.32. The summed E-state index contributed by atoms with van der Waals surface area (Å²) in [5, 5.41) is 4.03. The van der Waals surface area contributed by atoms with E-state index in [1.54, 1.807) is 53.8 Å². The van der Waals surface area contributed by atoms with Gasteiger partial charge in [-0.25, -0.2) is 13.4 Å². The van der Waals surface area contributed by atoms with Crippen LogP contribution < -0.4 is 14.9 Å². The first-order chi connectivity index (χ1) is 18.3. The molecule has 1 fully saturated rings. The number of piperazine rings is 1. The van der Waals surface area contributed by atoms with Crippen LogP contribution in [0.15, 0.2) is 71.6 Å². The smallest absolute Gasteiger partial charge is 0.261 e. The number of sulfonamides is 1. The van der Waals surface area contributed by atoms with Crippen LogP contribution in [0.1, 0.15) is 21.5 Å². The van der Waals surface area contributed by atoms with Crippen LogP contribution in [0, 0.1) is 13.8 Å². The minimum absolute atomic E-state index is 0.170. The quantitative estimate of drug-likeness (QED) is 0.341. The number of aryl methyl sites for hydroxylation is 2. The minimum Gasteiger partial charge on any atom is -0.351 e. The number of thiazole rings is 1. The van der Waals surface area contributed by atoms with E-state index in [1.807, 2.05) is 0 Å². The van der Waals surface area contributed by atoms with E-state index >= 15 is 0 Å². The summed E-state index contributed by atoms with van der Waals surface area (Å²) >= 11 is 1.75. The number of aromatic nitrogens is 1. The Bertz CT molecular complexity index is 1550. The van der Waals surface area contributed by atoms with E-state index in [9.17, 15) is 13.2 Å². The number of nitrogens with zero attached hydrogens (tertiary/aromatic N) is 3. The number of hydrogen-bond donors (Lipinski definition) is 2. The number of hydrogen-bond acceptors (Lipinski definition) is 7. The number of benzene rings is 3. The number of fused-ring (bicyclic) bond motifs is 1. The Morgan fingerprint density at radius 3 is 2.50 bits per heavy atom. The molecule has 10 heteroatoms. The van der Waals surface area contributed by atoms with Gasteiger partial charge in [-0.3, -0.25) is 14.4 Å². The molecule has 1 aromatic heterocycles. The first-order valence-electron chi connectivity index (χ1n) is 12.6. The molecule has 5 rings (SSSR count). The molecule has 0 radical (unpaired) electrons. The van der Waals surface area contributed by atoms with Crippen molar-refractivity contribution in [1.82, 2.24) is 15.2 Å². The minimum atomic E-state index is -3.72. The lowest BCUT2D eigenvalue weighted by atomic mass is 10.1. The standard InChI is InChI=1S/C28H31N5O3S2/c1-20-17-21(2)26-25(18-20)37-28(30-26)33-15-13-32(14-16-33)12-11-29-27(34)22-7-6-8-23(19-22)31-38(35,36)24-9-4-3-5-10-24/h3-10,17-19,31H,11-16H2,1-2H3,(H,29,34). The summed E-state index contributed by atoms with van der Waals surface area (Å²) < 4.78 is 29.0. The molecule has 198 valence electrons. The molecule has 0 saturated carbocycles. The molecule has 1 amide bonds. The second-order valence-electron chi connectivity index (χ2n) is 9.51. The SMILES string of the molecule is Cc1cc(C)c2nc(N3CCN(CCNC(=O)c4cccc(NS(=O)(=O)c5ccccc5)c4)CC3)sc2c1. The van der Waals surface area contributed by atoms with Gasteiger partial charge in [0.15, 0.2) is 5.13 Å². The molecule has 2 heterocycles. The van der Waals surface area contributed by atoms with Gasteiger partial charge in [0.1, 0.15) is 0 Å². The lowest BCUT2D eigenvalue weighted by Gasteiger charge is -2.34. The van der Waals surface area contributed by atoms with Crippen molar-refractivity contribution < 1.29 is 13.2 Å². The zero-order chi connectivity index (χ0) is 26.7. The van der Waals surface area contributed by atoms with Gasteiger partial charge >= 0.3 is 0 Å². The molecule has 1 saturated heterocycles. The molecule has 0 unspecified atom stereocenters. The van der Waals surface area contributed by atoms with Crippen LogP contribution in [-0.2, 0) is 10.0 Å². The average Bonchev–Trinajstić information content (AvgIpc) is 3.34. The number of carbonyl (C=O) groups excluding carboxylic acids is 1. The molecular formula is C28H31N5O3S2. The van der Waals surface area contributed by atoms with Crippen molar-refractivity contribution in [2.75, 3.05) is 48.9 Å². The van der Waals surface area contributed by atoms with E-state index < -0.39 is 10.0 Å². The van der Waals surface area contributed by atoms with E-state index in [-0.39, 0.29) is 10.8 Å². The Kier molecular flexibility index (Phi) is 7.64. The predicted octanol–water partition coefficient (Wildman–Crippen LogP) is 4.27. The van der Waals surface area contributed by atoms with Crippen molar-refractivity contribution in [2.24, 2.45) is 0 Å². The lowest BCUT2D eigenvalue weighted by Crippen LogP contribution is -2.48. The molecule has 2 N–H and O–H groups in total. The summed E-state index contributed by atoms with van der Waals surface area (Å²) in [5.41, 5.74) is 4.33. The second-order valence-corrected chi connectivity index (χ2v) is 12.2. The zero-order valence-electron chi connectivity index (χ0n) is 21.5. The molecule has 38 heavy (non-hydrogen) atoms. The molecule has 3 aromatic carbocycles. The molecule has 0 bridgehead atoms. The molecule has 0 spiro atoms. The van der Waals surface area contributed by atoms with Gasteiger partial charge in [-0.1, -0.05) is 41.7 Å². The highest BCUT2D eigenvalue weighted by atomic mass is 32.2. The maximum Gasteiger partial charge on any atom is 0.261 e. The molecule has 1 aliphatic heterocycles. The van der Waals surface area contributed by atoms with Gasteiger partial charge in [-0.2, -0.15) is 0 Å². The van der Waals surface area contributed by atoms with Gasteiger partial charge in [-0.15, -0.1) is 0 Å². The summed E-state index contributed by atoms with van der Waals surface area (Å²) in [5.74, 6) is -0.232. The first kappa shape index (κ1) is 26.1. The largest absolute Gasteiger partial charge is 0.351 e. The summed E-state index contributed by atoms with van der Waals surface area (Å²) in [4.78, 5) is 22.5. The predicted molar refractivity (Wildman–Crippen MR) is 154 cm³/mol. The van der Waals surface area contributed by atoms with Crippen LogP contribution in [0.4, 0.5) is 10.8 Å². The molecule has 0 atom stereocenters. The van der Waals surface area contributed by atoms with Crippen LogP contribution in [0.3, 0.4) is 0 Å². The highest BCUT2D eigenvalue weighted by Gasteiger charge is 2.20. The van der Waals surface area contributed by atoms with Crippen molar-refractivity contribution in [1.29, 1.82) is 0 Å². The number of anilines is 2. The van der Waals surface area contributed by atoms with E-state index in [2.05, 4.69) is 45.8 Å². The summed E-state index contributed by atoms with van der Waals surface area (Å²) in [6.45, 7) is 9.10. The van der Waals surface area contributed by atoms with Crippen LogP contribution in [-0.4, -0.2) is 63.5 Å². The normalized spacial score (nSPS) is 14.5. The van der Waals surface area contributed by atoms with Gasteiger partial charge < -0.3 is 10.2 Å². The fraction of sp³-hybridized carbons (Fsp3) is 0.286. The van der Waals surface area contributed by atoms with Crippen LogP contribution in [0.5, 0.6) is 0 Å². The Balaban J connectivity index is 1.11. The maximum absolute atomic E-state index is 12.7. The average molecular weight is 550 g/mol. The van der Waals surface area contributed by atoms with Crippen molar-refractivity contribution >= 4 is 48.3 Å². The maximum atomic E-state index is 12.7. The van der Waals surface area contributed by atoms with Crippen molar-refractivity contribution in [3.8, 4) is 0 Å². The van der Waals surface area contributed by atoms with Crippen LogP contribution in [0.25, 0.3) is 10.2 Å². The number of amides is 1. The van der Waals surface area contributed by atoms with E-state index in [0.29, 0.717) is 17.8 Å². The summed E-state index contributed by atoms with van der Waals surface area (Å²) in [6.07, 6.45) is 0. The topological polar surface area (TPSA) is 94.6 Å². The fourth-order valence-corrected chi connectivity index (χ4v) is 6.89. The lowest BCUT2D eigenvalue weighted by molar-refractivity contribution is 0.0948. The van der Waals surface area contributed by atoms with Gasteiger partial charge in [0, 0.05) is 50.5 Å². The fourth-order valence-electron chi connectivity index (χ4n) is 4.62. The molecule has 1 aliphatic rings. The Morgan fingerprint density at radius 2 is 1.74 bits per heavy atom. The summed E-state index contributed by atoms with van der Waals surface area (Å²) in [7, 11) is -3.72. The van der Waals surface area contributed by atoms with Gasteiger partial charge in [0.05, 0.1) is 15.1 Å². The third-order valence-electron chi connectivity index (χ3n) is 6.61. The molecular weight excluding hydrogens is 518 g/mol. The van der Waals surface area contributed by atoms with Crippen LogP contribution >= 0.6 is 11.3 Å². The Labute approximate surface area is 227 Å². The van der Waals surface area contributed by atoms with Gasteiger partial charge in [-0.05, 0) is 61.4 Å². The third kappa shape index (κ3) is 5.98. The molecule has 4 aromatic rings. The second kappa shape index (κ2) is 11.1.